The summed E-state index contributed by atoms with van der Waals surface area (Å²) in [4.78, 5) is 12.3. The second-order valence-electron chi connectivity index (χ2n) is 4.23. The molecular formula is C11H9ClFNO3. The number of likely N-dealkylation sites (tertiary alicyclic amines) is 1. The van der Waals surface area contributed by atoms with Crippen molar-refractivity contribution in [3.05, 3.63) is 28.5 Å². The fraction of sp³-hybridized carbons (Fsp3) is 0.364. The molecule has 1 N–H and O–H groups in total. The van der Waals surface area contributed by atoms with E-state index in [2.05, 4.69) is 0 Å². The third-order valence-electron chi connectivity index (χ3n) is 3.19. The molecule has 1 amide bonds. The van der Waals surface area contributed by atoms with Crippen LogP contribution < -0.4 is 4.74 Å². The van der Waals surface area contributed by atoms with Crippen LogP contribution in [-0.2, 0) is 0 Å². The summed E-state index contributed by atoms with van der Waals surface area (Å²) in [7, 11) is 0. The first kappa shape index (κ1) is 10.7. The standard InChI is InChI=1S/C11H9ClFNO3/c12-8-2-5(13)1-7-9-3-6(17-10(7)8)4-14(9)11(15)16/h1-2,6,9H,3-4H2,(H,15,16)/t6-,9-/m0/s1. The lowest BCUT2D eigenvalue weighted by molar-refractivity contribution is 0.139. The molecule has 1 fully saturated rings. The van der Waals surface area contributed by atoms with Gasteiger partial charge in [0.05, 0.1) is 17.6 Å². The average molecular weight is 258 g/mol. The van der Waals surface area contributed by atoms with E-state index in [0.717, 1.165) is 0 Å². The third-order valence-corrected chi connectivity index (χ3v) is 3.47. The molecule has 2 aliphatic heterocycles. The Labute approximate surface area is 102 Å². The van der Waals surface area contributed by atoms with Crippen molar-refractivity contribution in [2.45, 2.75) is 18.6 Å². The molecule has 6 heteroatoms. The van der Waals surface area contributed by atoms with Crippen LogP contribution in [0.3, 0.4) is 0 Å². The molecule has 0 saturated carbocycles. The number of halogens is 2. The van der Waals surface area contributed by atoms with Gasteiger partial charge in [-0.05, 0) is 12.1 Å². The molecule has 1 aromatic carbocycles. The lowest BCUT2D eigenvalue weighted by atomic mass is 10.00. The van der Waals surface area contributed by atoms with Crippen molar-refractivity contribution in [3.63, 3.8) is 0 Å². The van der Waals surface area contributed by atoms with Gasteiger partial charge in [-0.3, -0.25) is 4.90 Å². The van der Waals surface area contributed by atoms with Gasteiger partial charge in [0.1, 0.15) is 17.7 Å². The summed E-state index contributed by atoms with van der Waals surface area (Å²) in [5.74, 6) is -0.0638. The maximum Gasteiger partial charge on any atom is 0.407 e. The number of amides is 1. The van der Waals surface area contributed by atoms with E-state index in [-0.39, 0.29) is 17.2 Å². The lowest BCUT2D eigenvalue weighted by Crippen LogP contribution is -2.29. The molecule has 4 nitrogen and oxygen atoms in total. The molecule has 0 radical (unpaired) electrons. The SMILES string of the molecule is O=C(O)N1C[C@@H]2C[C@H]1c1cc(F)cc(Cl)c1O2. The number of hydrogen-bond donors (Lipinski definition) is 1. The van der Waals surface area contributed by atoms with Crippen LogP contribution >= 0.6 is 11.6 Å². The minimum atomic E-state index is -1.02. The van der Waals surface area contributed by atoms with E-state index in [1.54, 1.807) is 0 Å². The Kier molecular flexibility index (Phi) is 2.19. The monoisotopic (exact) mass is 257 g/mol. The van der Waals surface area contributed by atoms with Gasteiger partial charge in [-0.2, -0.15) is 0 Å². The summed E-state index contributed by atoms with van der Waals surface area (Å²) >= 11 is 5.90. The zero-order chi connectivity index (χ0) is 12.2. The quantitative estimate of drug-likeness (QED) is 0.777. The molecule has 2 bridgehead atoms. The van der Waals surface area contributed by atoms with E-state index < -0.39 is 11.9 Å². The van der Waals surface area contributed by atoms with Crippen LogP contribution in [0, 0.1) is 5.82 Å². The highest BCUT2D eigenvalue weighted by molar-refractivity contribution is 6.32. The van der Waals surface area contributed by atoms with Crippen LogP contribution in [-0.4, -0.2) is 28.7 Å². The van der Waals surface area contributed by atoms with E-state index in [9.17, 15) is 9.18 Å². The molecule has 0 unspecified atom stereocenters. The number of carbonyl (C=O) groups is 1. The maximum atomic E-state index is 13.3. The van der Waals surface area contributed by atoms with E-state index in [4.69, 9.17) is 21.4 Å². The smallest absolute Gasteiger partial charge is 0.407 e. The number of rotatable bonds is 0. The Morgan fingerprint density at radius 1 is 1.59 bits per heavy atom. The normalized spacial score (nSPS) is 25.4. The molecule has 2 atom stereocenters. The van der Waals surface area contributed by atoms with Crippen molar-refractivity contribution in [2.75, 3.05) is 6.54 Å². The zero-order valence-electron chi connectivity index (χ0n) is 8.69. The summed E-state index contributed by atoms with van der Waals surface area (Å²) in [5.41, 5.74) is 0.520. The van der Waals surface area contributed by atoms with Crippen molar-refractivity contribution in [3.8, 4) is 5.75 Å². The Bertz CT molecular complexity index is 508. The lowest BCUT2D eigenvalue weighted by Gasteiger charge is -2.25. The highest BCUT2D eigenvalue weighted by Gasteiger charge is 2.43. The topological polar surface area (TPSA) is 49.8 Å². The Morgan fingerprint density at radius 3 is 3.06 bits per heavy atom. The second-order valence-corrected chi connectivity index (χ2v) is 4.64. The van der Waals surface area contributed by atoms with Gasteiger partial charge in [0.25, 0.3) is 0 Å². The number of ether oxygens (including phenoxy) is 1. The van der Waals surface area contributed by atoms with Crippen molar-refractivity contribution < 1.29 is 19.0 Å². The van der Waals surface area contributed by atoms with Crippen LogP contribution in [0.25, 0.3) is 0 Å². The average Bonchev–Trinajstić information content (AvgIpc) is 2.59. The summed E-state index contributed by atoms with van der Waals surface area (Å²) in [6, 6.07) is 2.12. The first-order valence-corrected chi connectivity index (χ1v) is 5.59. The molecule has 1 aromatic rings. The van der Waals surface area contributed by atoms with Crippen molar-refractivity contribution >= 4 is 17.7 Å². The van der Waals surface area contributed by atoms with Gasteiger partial charge in [-0.25, -0.2) is 9.18 Å². The van der Waals surface area contributed by atoms with Crippen LogP contribution in [0.15, 0.2) is 12.1 Å². The third kappa shape index (κ3) is 1.53. The van der Waals surface area contributed by atoms with Gasteiger partial charge in [-0.15, -0.1) is 0 Å². The van der Waals surface area contributed by atoms with Crippen LogP contribution in [0.4, 0.5) is 9.18 Å². The first-order valence-electron chi connectivity index (χ1n) is 5.21. The Morgan fingerprint density at radius 2 is 2.35 bits per heavy atom. The summed E-state index contributed by atoms with van der Waals surface area (Å²) < 4.78 is 18.9. The Hall–Kier alpha value is -1.49. The van der Waals surface area contributed by atoms with Gasteiger partial charge >= 0.3 is 6.09 Å². The van der Waals surface area contributed by atoms with Gasteiger partial charge in [0.2, 0.25) is 0 Å². The number of fused-ring (bicyclic) bond motifs is 4. The van der Waals surface area contributed by atoms with Crippen LogP contribution in [0.1, 0.15) is 18.0 Å². The van der Waals surface area contributed by atoms with E-state index in [1.807, 2.05) is 0 Å². The predicted octanol–water partition coefficient (Wildman–Crippen LogP) is 2.66. The van der Waals surface area contributed by atoms with E-state index >= 15 is 0 Å². The fourth-order valence-corrected chi connectivity index (χ4v) is 2.77. The maximum absolute atomic E-state index is 13.3. The molecular weight excluding hydrogens is 249 g/mol. The van der Waals surface area contributed by atoms with E-state index in [0.29, 0.717) is 24.3 Å². The molecule has 90 valence electrons. The Balaban J connectivity index is 2.12. The molecule has 0 aromatic heterocycles. The molecule has 0 spiro atoms. The van der Waals surface area contributed by atoms with Gasteiger partial charge in [0.15, 0.2) is 0 Å². The van der Waals surface area contributed by atoms with Crippen molar-refractivity contribution in [2.24, 2.45) is 0 Å². The van der Waals surface area contributed by atoms with Gasteiger partial charge < -0.3 is 9.84 Å². The minimum absolute atomic E-state index is 0.188. The summed E-state index contributed by atoms with van der Waals surface area (Å²) in [6.07, 6.45) is -0.653. The number of carboxylic acid groups (broad SMARTS) is 1. The summed E-state index contributed by atoms with van der Waals surface area (Å²) in [5, 5.41) is 9.26. The number of nitrogens with zero attached hydrogens (tertiary/aromatic N) is 1. The van der Waals surface area contributed by atoms with Crippen LogP contribution in [0.5, 0.6) is 5.75 Å². The molecule has 17 heavy (non-hydrogen) atoms. The van der Waals surface area contributed by atoms with Crippen molar-refractivity contribution in [1.29, 1.82) is 0 Å². The van der Waals surface area contributed by atoms with Gasteiger partial charge in [-0.1, -0.05) is 11.6 Å². The second kappa shape index (κ2) is 3.50. The fourth-order valence-electron chi connectivity index (χ4n) is 2.51. The molecule has 1 saturated heterocycles. The number of hydrogen-bond acceptors (Lipinski definition) is 2. The van der Waals surface area contributed by atoms with E-state index in [1.165, 1.54) is 17.0 Å². The molecule has 0 aliphatic carbocycles. The predicted molar refractivity (Wildman–Crippen MR) is 57.9 cm³/mol. The highest BCUT2D eigenvalue weighted by atomic mass is 35.5. The van der Waals surface area contributed by atoms with Gasteiger partial charge in [0, 0.05) is 12.0 Å². The zero-order valence-corrected chi connectivity index (χ0v) is 9.45. The minimum Gasteiger partial charge on any atom is -0.487 e. The molecule has 2 heterocycles. The van der Waals surface area contributed by atoms with Crippen molar-refractivity contribution in [1.82, 2.24) is 4.90 Å². The highest BCUT2D eigenvalue weighted by Crippen LogP contribution is 2.46. The largest absolute Gasteiger partial charge is 0.487 e. The number of benzene rings is 1. The molecule has 3 rings (SSSR count). The van der Waals surface area contributed by atoms with Crippen LogP contribution in [0.2, 0.25) is 5.02 Å². The first-order chi connectivity index (χ1) is 8.06. The molecule has 2 aliphatic rings. The summed E-state index contributed by atoms with van der Waals surface area (Å²) in [6.45, 7) is 0.298.